The van der Waals surface area contributed by atoms with Crippen LogP contribution in [0.25, 0.3) is 22.0 Å². The molecular weight excluding hydrogens is 775 g/mol. The van der Waals surface area contributed by atoms with Gasteiger partial charge < -0.3 is 45.6 Å². The molecule has 0 saturated heterocycles. The fraction of sp³-hybridized carbons (Fsp3) is 0.261. The van der Waals surface area contributed by atoms with E-state index in [4.69, 9.17) is 25.7 Å². The number of ether oxygens (including phenoxy) is 1. The molecule has 61 heavy (non-hydrogen) atoms. The van der Waals surface area contributed by atoms with Gasteiger partial charge in [-0.2, -0.15) is 4.98 Å². The van der Waals surface area contributed by atoms with Crippen molar-refractivity contribution in [3.8, 4) is 16.9 Å². The van der Waals surface area contributed by atoms with E-state index < -0.39 is 36.1 Å². The molecule has 0 saturated carbocycles. The second-order valence-corrected chi connectivity index (χ2v) is 15.2. The number of nitrogen functional groups attached to an aromatic ring is 1. The molecule has 0 aliphatic heterocycles. The van der Waals surface area contributed by atoms with Crippen LogP contribution in [0.5, 0.6) is 5.75 Å². The summed E-state index contributed by atoms with van der Waals surface area (Å²) in [5.74, 6) is -0.262. The van der Waals surface area contributed by atoms with Gasteiger partial charge in [0.2, 0.25) is 11.8 Å². The first-order chi connectivity index (χ1) is 29.4. The van der Waals surface area contributed by atoms with Crippen molar-refractivity contribution in [2.45, 2.75) is 70.7 Å². The quantitative estimate of drug-likeness (QED) is 0.0722. The number of fused-ring (bicyclic) bond motifs is 1. The Morgan fingerprint density at radius 2 is 1.61 bits per heavy atom. The van der Waals surface area contributed by atoms with Crippen molar-refractivity contribution >= 4 is 34.8 Å². The van der Waals surface area contributed by atoms with Gasteiger partial charge in [0.1, 0.15) is 17.8 Å². The minimum absolute atomic E-state index is 0.0411. The molecule has 0 radical (unpaired) electrons. The molecule has 4 aromatic carbocycles. The molecule has 0 aliphatic carbocycles. The van der Waals surface area contributed by atoms with E-state index in [1.807, 2.05) is 86.3 Å². The molecule has 3 unspecified atom stereocenters. The average Bonchev–Trinajstić information content (AvgIpc) is 3.97. The summed E-state index contributed by atoms with van der Waals surface area (Å²) in [4.78, 5) is 49.5. The van der Waals surface area contributed by atoms with Gasteiger partial charge in [0.15, 0.2) is 17.9 Å². The Bertz CT molecular complexity index is 2610. The lowest BCUT2D eigenvalue weighted by Crippen LogP contribution is -2.52. The van der Waals surface area contributed by atoms with Crippen molar-refractivity contribution < 1.29 is 28.8 Å². The molecule has 3 atom stereocenters. The summed E-state index contributed by atoms with van der Waals surface area (Å²) in [6.45, 7) is 4.03. The zero-order valence-corrected chi connectivity index (χ0v) is 34.2. The Labute approximate surface area is 352 Å². The number of phenols is 1. The number of nitrogens with two attached hydrogens (primary N) is 2. The number of aromatic hydroxyl groups is 1. The minimum atomic E-state index is -1.31. The summed E-state index contributed by atoms with van der Waals surface area (Å²) >= 11 is 0. The Balaban J connectivity index is 1.17. The van der Waals surface area contributed by atoms with Crippen molar-refractivity contribution in [2.24, 2.45) is 12.8 Å². The molecule has 7 rings (SSSR count). The number of hydrogen-bond acceptors (Lipinski definition) is 10. The molecule has 0 aliphatic rings. The second-order valence-electron chi connectivity index (χ2n) is 15.2. The SMILES string of the molecule is Cc1cc(O)cc(C)c1CC(NC(=O)C(CCCn1ccnc1N)OC(N)=O)C(=O)NC(Cc1cn(C)c2ccccc12)c1nc(Cc2ccc(-c3ccccc3)cc2)no1. The molecule has 0 bridgehead atoms. The van der Waals surface area contributed by atoms with Crippen LogP contribution < -0.4 is 22.1 Å². The number of imidazole rings is 1. The van der Waals surface area contributed by atoms with Crippen LogP contribution in [0.2, 0.25) is 0 Å². The van der Waals surface area contributed by atoms with Crippen LogP contribution >= 0.6 is 0 Å². The number of para-hydroxylation sites is 1. The highest BCUT2D eigenvalue weighted by atomic mass is 16.6. The number of primary amides is 1. The monoisotopic (exact) mass is 823 g/mol. The Morgan fingerprint density at radius 3 is 2.31 bits per heavy atom. The number of anilines is 1. The third-order valence-electron chi connectivity index (χ3n) is 10.8. The molecule has 15 heteroatoms. The van der Waals surface area contributed by atoms with Crippen molar-refractivity contribution in [1.82, 2.24) is 34.9 Å². The van der Waals surface area contributed by atoms with E-state index in [0.29, 0.717) is 31.2 Å². The van der Waals surface area contributed by atoms with Gasteiger partial charge in [-0.1, -0.05) is 78.0 Å². The first kappa shape index (κ1) is 41.7. The van der Waals surface area contributed by atoms with Gasteiger partial charge in [-0.3, -0.25) is 9.59 Å². The van der Waals surface area contributed by atoms with E-state index in [9.17, 15) is 19.5 Å². The summed E-state index contributed by atoms with van der Waals surface area (Å²) in [5, 5.41) is 21.6. The van der Waals surface area contributed by atoms with Crippen molar-refractivity contribution in [2.75, 3.05) is 5.73 Å². The predicted octanol–water partition coefficient (Wildman–Crippen LogP) is 5.99. The van der Waals surface area contributed by atoms with Crippen LogP contribution in [0.15, 0.2) is 114 Å². The number of hydrogen-bond donors (Lipinski definition) is 5. The summed E-state index contributed by atoms with van der Waals surface area (Å²) in [6, 6.07) is 27.4. The number of benzene rings is 4. The largest absolute Gasteiger partial charge is 0.508 e. The lowest BCUT2D eigenvalue weighted by molar-refractivity contribution is -0.134. The Morgan fingerprint density at radius 1 is 0.902 bits per heavy atom. The number of carbonyl (C=O) groups is 3. The molecular formula is C46H49N9O6. The van der Waals surface area contributed by atoms with Crippen LogP contribution in [-0.4, -0.2) is 59.4 Å². The normalized spacial score (nSPS) is 12.8. The standard InChI is InChI=1S/C46H49N9O6/c1-28-22-34(56)23-29(2)36(28)26-37(50-43(58)40(60-46(48)59)14-9-20-55-21-19-49-45(55)47)42(57)51-38(25-33-27-54(3)39-13-8-7-12-35(33)39)44-52-41(53-61-44)24-30-15-17-32(18-16-30)31-10-5-4-6-11-31/h4-8,10-13,15-19,21-23,27,37-38,40,56H,9,14,20,24-26H2,1-3H3,(H2,47,49)(H2,48,59)(H,50,58)(H,51,57). The third-order valence-corrected chi connectivity index (χ3v) is 10.8. The molecule has 0 spiro atoms. The van der Waals surface area contributed by atoms with Crippen LogP contribution in [0.1, 0.15) is 58.4 Å². The lowest BCUT2D eigenvalue weighted by atomic mass is 9.95. The highest BCUT2D eigenvalue weighted by Gasteiger charge is 2.32. The van der Waals surface area contributed by atoms with Crippen LogP contribution in [0.4, 0.5) is 10.7 Å². The van der Waals surface area contributed by atoms with E-state index in [1.165, 1.54) is 0 Å². The van der Waals surface area contributed by atoms with Gasteiger partial charge in [0, 0.05) is 62.3 Å². The maximum absolute atomic E-state index is 14.7. The molecule has 314 valence electrons. The molecule has 3 aromatic heterocycles. The van der Waals surface area contributed by atoms with E-state index in [-0.39, 0.29) is 30.9 Å². The number of rotatable bonds is 17. The first-order valence-corrected chi connectivity index (χ1v) is 20.0. The summed E-state index contributed by atoms with van der Waals surface area (Å²) < 4.78 is 14.9. The third kappa shape index (κ3) is 10.2. The van der Waals surface area contributed by atoms with Crippen LogP contribution in [0.3, 0.4) is 0 Å². The maximum atomic E-state index is 14.7. The molecule has 3 heterocycles. The first-order valence-electron chi connectivity index (χ1n) is 20.0. The lowest BCUT2D eigenvalue weighted by Gasteiger charge is -2.25. The van der Waals surface area contributed by atoms with Crippen LogP contribution in [0, 0.1) is 13.8 Å². The van der Waals surface area contributed by atoms with E-state index in [2.05, 4.69) is 45.0 Å². The molecule has 3 amide bonds. The number of carbonyl (C=O) groups excluding carboxylic acids is 3. The van der Waals surface area contributed by atoms with Gasteiger partial charge in [0.05, 0.1) is 0 Å². The highest BCUT2D eigenvalue weighted by Crippen LogP contribution is 2.28. The van der Waals surface area contributed by atoms with Gasteiger partial charge in [0.25, 0.3) is 5.91 Å². The zero-order valence-electron chi connectivity index (χ0n) is 34.2. The van der Waals surface area contributed by atoms with Gasteiger partial charge in [-0.25, -0.2) is 9.78 Å². The minimum Gasteiger partial charge on any atom is -0.508 e. The smallest absolute Gasteiger partial charge is 0.405 e. The average molecular weight is 824 g/mol. The summed E-state index contributed by atoms with van der Waals surface area (Å²) in [6.07, 6.45) is 3.98. The van der Waals surface area contributed by atoms with Crippen molar-refractivity contribution in [3.05, 3.63) is 149 Å². The van der Waals surface area contributed by atoms with E-state index in [1.54, 1.807) is 29.1 Å². The number of aromatic nitrogens is 5. The molecule has 7 aromatic rings. The fourth-order valence-electron chi connectivity index (χ4n) is 7.72. The maximum Gasteiger partial charge on any atom is 0.405 e. The molecule has 0 fully saturated rings. The molecule has 15 nitrogen and oxygen atoms in total. The van der Waals surface area contributed by atoms with E-state index in [0.717, 1.165) is 49.8 Å². The summed E-state index contributed by atoms with van der Waals surface area (Å²) in [7, 11) is 1.95. The second kappa shape index (κ2) is 18.7. The number of nitrogens with one attached hydrogen (secondary N) is 2. The van der Waals surface area contributed by atoms with Gasteiger partial charge >= 0.3 is 6.09 Å². The van der Waals surface area contributed by atoms with E-state index >= 15 is 0 Å². The Kier molecular flexibility index (Phi) is 12.8. The van der Waals surface area contributed by atoms with Gasteiger partial charge in [-0.05, 0) is 83.8 Å². The van der Waals surface area contributed by atoms with Crippen molar-refractivity contribution in [3.63, 3.8) is 0 Å². The summed E-state index contributed by atoms with van der Waals surface area (Å²) in [5.41, 5.74) is 18.6. The highest BCUT2D eigenvalue weighted by molar-refractivity contribution is 5.91. The zero-order chi connectivity index (χ0) is 43.0. The number of aryl methyl sites for hydroxylation is 4. The van der Waals surface area contributed by atoms with Gasteiger partial charge in [-0.15, -0.1) is 0 Å². The topological polar surface area (TPSA) is 218 Å². The molecule has 7 N–H and O–H groups in total. The number of phenolic OH excluding ortho intramolecular Hbond substituents is 1. The number of amides is 3. The number of nitrogens with zero attached hydrogens (tertiary/aromatic N) is 5. The predicted molar refractivity (Wildman–Crippen MR) is 230 cm³/mol. The Hall–Kier alpha value is -7.42. The van der Waals surface area contributed by atoms with Crippen LogP contribution in [-0.2, 0) is 47.2 Å². The fourth-order valence-corrected chi connectivity index (χ4v) is 7.72. The van der Waals surface area contributed by atoms with Crippen molar-refractivity contribution in [1.29, 1.82) is 0 Å².